The third-order valence-corrected chi connectivity index (χ3v) is 6.15. The van der Waals surface area contributed by atoms with Gasteiger partial charge in [0.25, 0.3) is 0 Å². The minimum Gasteiger partial charge on any atom is -0.378 e. The van der Waals surface area contributed by atoms with Crippen molar-refractivity contribution in [3.8, 4) is 0 Å². The van der Waals surface area contributed by atoms with Crippen molar-refractivity contribution in [3.05, 3.63) is 59.2 Å². The molecule has 6 nitrogen and oxygen atoms in total. The lowest BCUT2D eigenvalue weighted by Gasteiger charge is -2.36. The molecule has 0 aliphatic carbocycles. The van der Waals surface area contributed by atoms with E-state index in [0.29, 0.717) is 45.0 Å². The Morgan fingerprint density at radius 1 is 1.09 bits per heavy atom. The monoisotopic (exact) mass is 461 g/mol. The predicted molar refractivity (Wildman–Crippen MR) is 118 cm³/mol. The first-order chi connectivity index (χ1) is 15.7. The highest BCUT2D eigenvalue weighted by Gasteiger charge is 2.36. The molecule has 176 valence electrons. The molecular formula is C24H26F3N3O3. The molecule has 0 saturated carbocycles. The second kappa shape index (κ2) is 9.43. The summed E-state index contributed by atoms with van der Waals surface area (Å²) in [5.41, 5.74) is 1.15. The van der Waals surface area contributed by atoms with Crippen LogP contribution in [0.1, 0.15) is 36.1 Å². The highest BCUT2D eigenvalue weighted by atomic mass is 19.4. The number of fused-ring (bicyclic) bond motifs is 1. The van der Waals surface area contributed by atoms with E-state index in [0.717, 1.165) is 17.2 Å². The molecule has 2 aromatic carbocycles. The topological polar surface area (TPSA) is 61.9 Å². The molecule has 33 heavy (non-hydrogen) atoms. The van der Waals surface area contributed by atoms with Gasteiger partial charge in [0.05, 0.1) is 36.9 Å². The number of hydrogen-bond acceptors (Lipinski definition) is 4. The van der Waals surface area contributed by atoms with E-state index in [1.165, 1.54) is 13.0 Å². The largest absolute Gasteiger partial charge is 0.418 e. The van der Waals surface area contributed by atoms with Gasteiger partial charge >= 0.3 is 6.18 Å². The van der Waals surface area contributed by atoms with Crippen LogP contribution in [0, 0.1) is 0 Å². The number of benzene rings is 2. The van der Waals surface area contributed by atoms with Crippen LogP contribution in [-0.4, -0.2) is 49.6 Å². The van der Waals surface area contributed by atoms with Crippen LogP contribution in [0.2, 0.25) is 0 Å². The van der Waals surface area contributed by atoms with E-state index in [-0.39, 0.29) is 18.0 Å². The Morgan fingerprint density at radius 2 is 1.82 bits per heavy atom. The number of amides is 2. The smallest absolute Gasteiger partial charge is 0.378 e. The van der Waals surface area contributed by atoms with Crippen molar-refractivity contribution in [1.82, 2.24) is 4.90 Å². The standard InChI is InChI=1S/C24H26F3N3O3/c1-16(31)30-9-8-17-4-2-3-5-19(17)22(30)15-23(32)28-21-7-6-18(14-20(21)24(25,26)27)29-10-12-33-13-11-29/h2-7,14,22H,8-13,15H2,1H3,(H,28,32). The maximum absolute atomic E-state index is 13.8. The Morgan fingerprint density at radius 3 is 2.52 bits per heavy atom. The van der Waals surface area contributed by atoms with Gasteiger partial charge in [0.15, 0.2) is 0 Å². The number of halogens is 3. The Kier molecular flexibility index (Phi) is 6.60. The lowest BCUT2D eigenvalue weighted by Crippen LogP contribution is -2.40. The van der Waals surface area contributed by atoms with Crippen molar-refractivity contribution in [2.45, 2.75) is 32.0 Å². The van der Waals surface area contributed by atoms with E-state index in [2.05, 4.69) is 5.32 Å². The molecule has 2 aliphatic rings. The number of anilines is 2. The molecular weight excluding hydrogens is 435 g/mol. The fourth-order valence-electron chi connectivity index (χ4n) is 4.52. The molecule has 0 spiro atoms. The van der Waals surface area contributed by atoms with E-state index in [4.69, 9.17) is 4.74 Å². The lowest BCUT2D eigenvalue weighted by atomic mass is 9.90. The van der Waals surface area contributed by atoms with E-state index < -0.39 is 23.7 Å². The number of carbonyl (C=O) groups is 2. The third kappa shape index (κ3) is 5.13. The number of hydrogen-bond donors (Lipinski definition) is 1. The van der Waals surface area contributed by atoms with Crippen LogP contribution in [0.15, 0.2) is 42.5 Å². The number of nitrogens with zero attached hydrogens (tertiary/aromatic N) is 2. The first-order valence-corrected chi connectivity index (χ1v) is 10.9. The Balaban J connectivity index is 1.57. The number of alkyl halides is 3. The highest BCUT2D eigenvalue weighted by molar-refractivity contribution is 5.93. The van der Waals surface area contributed by atoms with Crippen LogP contribution in [0.4, 0.5) is 24.5 Å². The van der Waals surface area contributed by atoms with Crippen LogP contribution in [0.5, 0.6) is 0 Å². The van der Waals surface area contributed by atoms with E-state index >= 15 is 0 Å². The van der Waals surface area contributed by atoms with E-state index in [1.807, 2.05) is 29.2 Å². The Bertz CT molecular complexity index is 1040. The molecule has 0 bridgehead atoms. The first-order valence-electron chi connectivity index (χ1n) is 10.9. The number of morpholine rings is 1. The summed E-state index contributed by atoms with van der Waals surface area (Å²) in [7, 11) is 0. The molecule has 1 unspecified atom stereocenters. The van der Waals surface area contributed by atoms with Gasteiger partial charge in [0.1, 0.15) is 0 Å². The van der Waals surface area contributed by atoms with Crippen molar-refractivity contribution in [2.75, 3.05) is 43.1 Å². The summed E-state index contributed by atoms with van der Waals surface area (Å²) in [6, 6.07) is 11.0. The van der Waals surface area contributed by atoms with Gasteiger partial charge in [-0.25, -0.2) is 0 Å². The van der Waals surface area contributed by atoms with E-state index in [1.54, 1.807) is 11.0 Å². The second-order valence-corrected chi connectivity index (χ2v) is 8.26. The van der Waals surface area contributed by atoms with Crippen LogP contribution < -0.4 is 10.2 Å². The first kappa shape index (κ1) is 23.1. The van der Waals surface area contributed by atoms with Crippen LogP contribution in [0.3, 0.4) is 0 Å². The van der Waals surface area contributed by atoms with Crippen molar-refractivity contribution >= 4 is 23.2 Å². The minimum absolute atomic E-state index is 0.126. The summed E-state index contributed by atoms with van der Waals surface area (Å²) in [5, 5.41) is 2.44. The van der Waals surface area contributed by atoms with Gasteiger partial charge in [-0.05, 0) is 35.7 Å². The normalized spacial score (nSPS) is 18.6. The summed E-state index contributed by atoms with van der Waals surface area (Å²) in [5.74, 6) is -0.749. The van der Waals surface area contributed by atoms with Gasteiger partial charge in [-0.1, -0.05) is 24.3 Å². The number of ether oxygens (including phenoxy) is 1. The summed E-state index contributed by atoms with van der Waals surface area (Å²) in [4.78, 5) is 28.5. The van der Waals surface area contributed by atoms with Gasteiger partial charge in [0, 0.05) is 32.2 Å². The maximum Gasteiger partial charge on any atom is 0.418 e. The molecule has 1 fully saturated rings. The van der Waals surface area contributed by atoms with Gasteiger partial charge in [-0.15, -0.1) is 0 Å². The van der Waals surface area contributed by atoms with E-state index in [9.17, 15) is 22.8 Å². The third-order valence-electron chi connectivity index (χ3n) is 6.15. The summed E-state index contributed by atoms with van der Waals surface area (Å²) >= 11 is 0. The van der Waals surface area contributed by atoms with Gasteiger partial charge in [-0.3, -0.25) is 9.59 Å². The predicted octanol–water partition coefficient (Wildman–Crippen LogP) is 4.02. The number of carbonyl (C=O) groups excluding carboxylic acids is 2. The molecule has 4 rings (SSSR count). The fraction of sp³-hybridized carbons (Fsp3) is 0.417. The maximum atomic E-state index is 13.8. The summed E-state index contributed by atoms with van der Waals surface area (Å²) in [6.07, 6.45) is -4.08. The quantitative estimate of drug-likeness (QED) is 0.747. The average molecular weight is 461 g/mol. The molecule has 1 atom stereocenters. The Hall–Kier alpha value is -3.07. The van der Waals surface area contributed by atoms with Crippen molar-refractivity contribution in [2.24, 2.45) is 0 Å². The molecule has 1 saturated heterocycles. The minimum atomic E-state index is -4.63. The van der Waals surface area contributed by atoms with Gasteiger partial charge in [0.2, 0.25) is 11.8 Å². The Labute approximate surface area is 190 Å². The van der Waals surface area contributed by atoms with Crippen LogP contribution >= 0.6 is 0 Å². The zero-order valence-electron chi connectivity index (χ0n) is 18.3. The highest BCUT2D eigenvalue weighted by Crippen LogP contribution is 2.38. The second-order valence-electron chi connectivity index (χ2n) is 8.26. The lowest BCUT2D eigenvalue weighted by molar-refractivity contribution is -0.137. The van der Waals surface area contributed by atoms with Crippen molar-refractivity contribution in [3.63, 3.8) is 0 Å². The van der Waals surface area contributed by atoms with Crippen molar-refractivity contribution in [1.29, 1.82) is 0 Å². The molecule has 2 aromatic rings. The summed E-state index contributed by atoms with van der Waals surface area (Å²) in [6.45, 7) is 3.82. The van der Waals surface area contributed by atoms with Crippen LogP contribution in [0.25, 0.3) is 0 Å². The summed E-state index contributed by atoms with van der Waals surface area (Å²) < 4.78 is 46.7. The molecule has 2 aliphatic heterocycles. The van der Waals surface area contributed by atoms with Crippen molar-refractivity contribution < 1.29 is 27.5 Å². The number of nitrogens with one attached hydrogen (secondary N) is 1. The molecule has 1 N–H and O–H groups in total. The molecule has 2 amide bonds. The molecule has 2 heterocycles. The zero-order valence-corrected chi connectivity index (χ0v) is 18.3. The van der Waals surface area contributed by atoms with Gasteiger partial charge in [-0.2, -0.15) is 13.2 Å². The zero-order chi connectivity index (χ0) is 23.6. The fourth-order valence-corrected chi connectivity index (χ4v) is 4.52. The molecule has 9 heteroatoms. The molecule has 0 radical (unpaired) electrons. The average Bonchev–Trinajstić information content (AvgIpc) is 2.79. The SMILES string of the molecule is CC(=O)N1CCc2ccccc2C1CC(=O)Nc1ccc(N2CCOCC2)cc1C(F)(F)F. The van der Waals surface area contributed by atoms with Crippen LogP contribution in [-0.2, 0) is 26.9 Å². The number of rotatable bonds is 4. The van der Waals surface area contributed by atoms with Gasteiger partial charge < -0.3 is 19.9 Å². The molecule has 0 aromatic heterocycles.